The predicted molar refractivity (Wildman–Crippen MR) is 99.7 cm³/mol. The van der Waals surface area contributed by atoms with Gasteiger partial charge >= 0.3 is 0 Å². The second-order valence-electron chi connectivity index (χ2n) is 6.48. The number of rotatable bonds is 16. The molecule has 146 valence electrons. The molecule has 5 heteroatoms. The molecule has 0 aliphatic heterocycles. The van der Waals surface area contributed by atoms with Gasteiger partial charge in [-0.3, -0.25) is 4.79 Å². The van der Waals surface area contributed by atoms with E-state index in [1.165, 1.54) is 77.0 Å². The maximum Gasteiger partial charge on any atom is 0.217 e. The molecule has 0 bridgehead atoms. The molecule has 5 nitrogen and oxygen atoms in total. The molecule has 1 amide bonds. The summed E-state index contributed by atoms with van der Waals surface area (Å²) in [5.41, 5.74) is 5.09. The lowest BCUT2D eigenvalue weighted by molar-refractivity contribution is -0.118. The Morgan fingerprint density at radius 1 is 0.750 bits per heavy atom. The van der Waals surface area contributed by atoms with Gasteiger partial charge in [0.15, 0.2) is 0 Å². The second-order valence-corrected chi connectivity index (χ2v) is 6.48. The van der Waals surface area contributed by atoms with Gasteiger partial charge in [-0.05, 0) is 6.42 Å². The number of nitrogens with two attached hydrogens (primary N) is 1. The molecule has 0 radical (unpaired) electrons. The van der Waals surface area contributed by atoms with E-state index in [-0.39, 0.29) is 19.1 Å². The first-order valence-electron chi connectivity index (χ1n) is 9.76. The third-order valence-electron chi connectivity index (χ3n) is 3.95. The van der Waals surface area contributed by atoms with Crippen LogP contribution in [0.5, 0.6) is 0 Å². The summed E-state index contributed by atoms with van der Waals surface area (Å²) in [5.74, 6) is -0.155. The van der Waals surface area contributed by atoms with Gasteiger partial charge in [0, 0.05) is 6.42 Å². The topological polar surface area (TPSA) is 104 Å². The van der Waals surface area contributed by atoms with Crippen molar-refractivity contribution in [1.82, 2.24) is 0 Å². The van der Waals surface area contributed by atoms with Crippen molar-refractivity contribution in [2.75, 3.05) is 13.2 Å². The summed E-state index contributed by atoms with van der Waals surface area (Å²) < 4.78 is 0. The van der Waals surface area contributed by atoms with Gasteiger partial charge in [-0.1, -0.05) is 84.0 Å². The molecule has 0 fully saturated rings. The van der Waals surface area contributed by atoms with E-state index in [4.69, 9.17) is 21.1 Å². The van der Waals surface area contributed by atoms with Crippen molar-refractivity contribution in [3.63, 3.8) is 0 Å². The van der Waals surface area contributed by atoms with Crippen molar-refractivity contribution in [2.45, 2.75) is 103 Å². The Morgan fingerprint density at radius 2 is 1.08 bits per heavy atom. The quantitative estimate of drug-likeness (QED) is 0.322. The normalized spacial score (nSPS) is 10.5. The van der Waals surface area contributed by atoms with Gasteiger partial charge in [0.2, 0.25) is 5.91 Å². The first kappa shape index (κ1) is 25.6. The number of aliphatic hydroxyl groups is 3. The fourth-order valence-electron chi connectivity index (χ4n) is 2.37. The summed E-state index contributed by atoms with van der Waals surface area (Å²) in [6.07, 6.45) is 17.0. The summed E-state index contributed by atoms with van der Waals surface area (Å²) in [7, 11) is 0. The van der Waals surface area contributed by atoms with Gasteiger partial charge in [0.25, 0.3) is 0 Å². The summed E-state index contributed by atoms with van der Waals surface area (Å²) >= 11 is 0. The highest BCUT2D eigenvalue weighted by molar-refractivity contribution is 5.73. The number of carbonyl (C=O) groups excluding carboxylic acids is 1. The number of hydrogen-bond donors (Lipinski definition) is 4. The van der Waals surface area contributed by atoms with Crippen molar-refractivity contribution < 1.29 is 20.1 Å². The maximum atomic E-state index is 10.5. The minimum absolute atomic E-state index is 0.155. The lowest BCUT2D eigenvalue weighted by Gasteiger charge is -2.02. The molecule has 0 aliphatic rings. The van der Waals surface area contributed by atoms with E-state index in [1.54, 1.807) is 0 Å². The van der Waals surface area contributed by atoms with Gasteiger partial charge in [-0.2, -0.15) is 0 Å². The van der Waals surface area contributed by atoms with Crippen molar-refractivity contribution in [3.05, 3.63) is 0 Å². The molecule has 0 saturated heterocycles. The smallest absolute Gasteiger partial charge is 0.217 e. The standard InChI is InChI=1S/C16H33NO.C3H8O3/c1-2-3-4-5-6-7-8-9-10-11-12-13-14-15-16(17)18;4-1-3(6)2-5/h2-15H2,1H3,(H2,17,18);3-6H,1-2H2. The van der Waals surface area contributed by atoms with Crippen LogP contribution >= 0.6 is 0 Å². The zero-order valence-corrected chi connectivity index (χ0v) is 15.7. The summed E-state index contributed by atoms with van der Waals surface area (Å²) in [6.45, 7) is 1.54. The van der Waals surface area contributed by atoms with E-state index in [1.807, 2.05) is 0 Å². The van der Waals surface area contributed by atoms with Gasteiger partial charge in [-0.25, -0.2) is 0 Å². The minimum Gasteiger partial charge on any atom is -0.394 e. The Balaban J connectivity index is 0. The number of carbonyl (C=O) groups is 1. The molecule has 0 aliphatic carbocycles. The Morgan fingerprint density at radius 3 is 1.33 bits per heavy atom. The van der Waals surface area contributed by atoms with Crippen LogP contribution in [-0.4, -0.2) is 40.5 Å². The zero-order valence-electron chi connectivity index (χ0n) is 15.7. The van der Waals surface area contributed by atoms with Gasteiger partial charge in [0.1, 0.15) is 6.10 Å². The summed E-state index contributed by atoms with van der Waals surface area (Å²) in [4.78, 5) is 10.5. The molecule has 0 unspecified atom stereocenters. The van der Waals surface area contributed by atoms with Crippen LogP contribution in [0.3, 0.4) is 0 Å². The SMILES string of the molecule is CCCCCCCCCCCCCCCC(N)=O.OCC(O)CO. The van der Waals surface area contributed by atoms with E-state index in [0.29, 0.717) is 6.42 Å². The molecule has 24 heavy (non-hydrogen) atoms. The van der Waals surface area contributed by atoms with Crippen LogP contribution in [0.2, 0.25) is 0 Å². The molecule has 0 saturated carbocycles. The highest BCUT2D eigenvalue weighted by atomic mass is 16.3. The Hall–Kier alpha value is -0.650. The van der Waals surface area contributed by atoms with E-state index in [9.17, 15) is 4.79 Å². The van der Waals surface area contributed by atoms with E-state index >= 15 is 0 Å². The van der Waals surface area contributed by atoms with Crippen LogP contribution in [0, 0.1) is 0 Å². The lowest BCUT2D eigenvalue weighted by atomic mass is 10.0. The van der Waals surface area contributed by atoms with E-state index < -0.39 is 6.10 Å². The van der Waals surface area contributed by atoms with Crippen molar-refractivity contribution in [3.8, 4) is 0 Å². The monoisotopic (exact) mass is 347 g/mol. The van der Waals surface area contributed by atoms with Crippen LogP contribution in [0.1, 0.15) is 96.8 Å². The van der Waals surface area contributed by atoms with Crippen molar-refractivity contribution in [2.24, 2.45) is 5.73 Å². The third-order valence-corrected chi connectivity index (χ3v) is 3.95. The fraction of sp³-hybridized carbons (Fsp3) is 0.947. The third kappa shape index (κ3) is 26.3. The molecule has 0 spiro atoms. The Kier molecular flexibility index (Phi) is 23.8. The van der Waals surface area contributed by atoms with E-state index in [0.717, 1.165) is 6.42 Å². The zero-order chi connectivity index (χ0) is 18.5. The highest BCUT2D eigenvalue weighted by Crippen LogP contribution is 2.12. The average molecular weight is 348 g/mol. The molecule has 0 aromatic carbocycles. The van der Waals surface area contributed by atoms with Gasteiger partial charge in [-0.15, -0.1) is 0 Å². The maximum absolute atomic E-state index is 10.5. The lowest BCUT2D eigenvalue weighted by Crippen LogP contribution is -2.15. The van der Waals surface area contributed by atoms with Crippen molar-refractivity contribution in [1.29, 1.82) is 0 Å². The predicted octanol–water partition coefficient (Wildman–Crippen LogP) is 3.28. The first-order valence-corrected chi connectivity index (χ1v) is 9.76. The molecule has 0 aromatic heterocycles. The summed E-state index contributed by atoms with van der Waals surface area (Å²) in [6, 6.07) is 0. The van der Waals surface area contributed by atoms with Crippen LogP contribution in [0.25, 0.3) is 0 Å². The Labute approximate surface area is 148 Å². The number of aliphatic hydroxyl groups excluding tert-OH is 3. The van der Waals surface area contributed by atoms with E-state index in [2.05, 4.69) is 6.92 Å². The average Bonchev–Trinajstić information content (AvgIpc) is 2.58. The highest BCUT2D eigenvalue weighted by Gasteiger charge is 1.96. The molecule has 0 aromatic rings. The molecule has 0 rings (SSSR count). The van der Waals surface area contributed by atoms with Crippen molar-refractivity contribution >= 4 is 5.91 Å². The number of unbranched alkanes of at least 4 members (excludes halogenated alkanes) is 12. The number of primary amides is 1. The minimum atomic E-state index is -0.954. The molecule has 5 N–H and O–H groups in total. The fourth-order valence-corrected chi connectivity index (χ4v) is 2.37. The number of hydrogen-bond acceptors (Lipinski definition) is 4. The second kappa shape index (κ2) is 22.4. The Bertz CT molecular complexity index is 246. The molecule has 0 atom stereocenters. The number of amides is 1. The van der Waals surface area contributed by atoms with Gasteiger partial charge < -0.3 is 21.1 Å². The largest absolute Gasteiger partial charge is 0.394 e. The van der Waals surface area contributed by atoms with Crippen LogP contribution in [0.4, 0.5) is 0 Å². The van der Waals surface area contributed by atoms with Gasteiger partial charge in [0.05, 0.1) is 13.2 Å². The summed E-state index contributed by atoms with van der Waals surface area (Å²) in [5, 5.41) is 24.0. The van der Waals surface area contributed by atoms with Crippen LogP contribution in [0.15, 0.2) is 0 Å². The molecule has 0 heterocycles. The first-order chi connectivity index (χ1) is 11.6. The van der Waals surface area contributed by atoms with Crippen LogP contribution in [-0.2, 0) is 4.79 Å². The molecular weight excluding hydrogens is 306 g/mol. The molecular formula is C19H41NO4. The van der Waals surface area contributed by atoms with Crippen LogP contribution < -0.4 is 5.73 Å².